The van der Waals surface area contributed by atoms with Gasteiger partial charge in [-0.1, -0.05) is 100 Å². The van der Waals surface area contributed by atoms with Crippen molar-refractivity contribution >= 4 is 27.7 Å². The number of hydrogen-bond donors (Lipinski definition) is 0. The van der Waals surface area contributed by atoms with E-state index in [-0.39, 0.29) is 5.41 Å². The third-order valence-corrected chi connectivity index (χ3v) is 7.63. The highest BCUT2D eigenvalue weighted by atomic mass is 79.9. The average Bonchev–Trinajstić information content (AvgIpc) is 3.01. The van der Waals surface area contributed by atoms with Gasteiger partial charge in [-0.3, -0.25) is 0 Å². The Kier molecular flexibility index (Phi) is 3.27. The summed E-state index contributed by atoms with van der Waals surface area (Å²) >= 11 is 5.73. The predicted octanol–water partition coefficient (Wildman–Crippen LogP) is 7.28. The van der Waals surface area contributed by atoms with Gasteiger partial charge in [0.2, 0.25) is 0 Å². The Hall–Kier alpha value is -2.29. The summed E-state index contributed by atoms with van der Waals surface area (Å²) in [6.07, 6.45) is 0. The minimum atomic E-state index is -0.256. The number of rotatable bonds is 0. The Balaban J connectivity index is 1.88. The Bertz CT molecular complexity index is 1180. The van der Waals surface area contributed by atoms with Crippen LogP contribution in [0, 0.1) is 0 Å². The topological polar surface area (TPSA) is 0 Å². The number of fused-ring (bicyclic) bond motifs is 9. The van der Waals surface area contributed by atoms with Crippen molar-refractivity contribution < 1.29 is 0 Å². The van der Waals surface area contributed by atoms with Crippen molar-refractivity contribution in [3.8, 4) is 11.1 Å². The van der Waals surface area contributed by atoms with Crippen LogP contribution in [0.3, 0.4) is 0 Å². The predicted molar refractivity (Wildman–Crippen MR) is 116 cm³/mol. The standard InChI is InChI=1S/C25H15BrS/c26-21-13-7-12-20-24(21)16-8-1-2-9-17(16)25(20)18-10-3-5-14-22(18)27-23-15-6-4-11-19(23)25/h1-15H. The van der Waals surface area contributed by atoms with Crippen LogP contribution < -0.4 is 0 Å². The van der Waals surface area contributed by atoms with Crippen molar-refractivity contribution in [3.63, 3.8) is 0 Å². The van der Waals surface area contributed by atoms with E-state index in [9.17, 15) is 0 Å². The van der Waals surface area contributed by atoms with Crippen LogP contribution in [0.15, 0.2) is 105 Å². The lowest BCUT2D eigenvalue weighted by molar-refractivity contribution is 0.722. The van der Waals surface area contributed by atoms with E-state index in [1.807, 2.05) is 11.8 Å². The maximum absolute atomic E-state index is 3.84. The molecule has 2 heteroatoms. The summed E-state index contributed by atoms with van der Waals surface area (Å²) in [5.41, 5.74) is 7.93. The molecule has 2 aliphatic rings. The average molecular weight is 427 g/mol. The molecule has 0 fully saturated rings. The molecular formula is C25H15BrS. The molecular weight excluding hydrogens is 412 g/mol. The van der Waals surface area contributed by atoms with Crippen LogP contribution in [0.4, 0.5) is 0 Å². The van der Waals surface area contributed by atoms with Gasteiger partial charge in [-0.05, 0) is 46.0 Å². The van der Waals surface area contributed by atoms with Gasteiger partial charge in [-0.25, -0.2) is 0 Å². The number of hydrogen-bond acceptors (Lipinski definition) is 1. The van der Waals surface area contributed by atoms with Crippen molar-refractivity contribution in [3.05, 3.63) is 118 Å². The molecule has 1 aliphatic carbocycles. The lowest BCUT2D eigenvalue weighted by Gasteiger charge is -2.39. The molecule has 0 aromatic heterocycles. The Morgan fingerprint density at radius 2 is 1.11 bits per heavy atom. The van der Waals surface area contributed by atoms with E-state index >= 15 is 0 Å². The summed E-state index contributed by atoms with van der Waals surface area (Å²) in [5, 5.41) is 0. The SMILES string of the molecule is Brc1cccc2c1-c1ccccc1C21c2ccccc2Sc2ccccc21. The molecule has 4 aromatic carbocycles. The fourth-order valence-electron chi connectivity index (χ4n) is 4.86. The smallest absolute Gasteiger partial charge is 0.0735 e. The molecule has 0 radical (unpaired) electrons. The van der Waals surface area contributed by atoms with Gasteiger partial charge < -0.3 is 0 Å². The summed E-state index contributed by atoms with van der Waals surface area (Å²) in [6, 6.07) is 33.3. The van der Waals surface area contributed by atoms with Gasteiger partial charge >= 0.3 is 0 Å². The molecule has 128 valence electrons. The Morgan fingerprint density at radius 3 is 1.81 bits per heavy atom. The van der Waals surface area contributed by atoms with E-state index in [1.165, 1.54) is 43.2 Å². The van der Waals surface area contributed by atoms with Crippen LogP contribution in [0.2, 0.25) is 0 Å². The van der Waals surface area contributed by atoms with Crippen LogP contribution in [-0.2, 0) is 5.41 Å². The lowest BCUT2D eigenvalue weighted by Crippen LogP contribution is -2.31. The van der Waals surface area contributed by atoms with E-state index in [2.05, 4.69) is 107 Å². The number of halogens is 1. The van der Waals surface area contributed by atoms with E-state index in [0.717, 1.165) is 4.47 Å². The summed E-state index contributed by atoms with van der Waals surface area (Å²) in [7, 11) is 0. The van der Waals surface area contributed by atoms with E-state index in [4.69, 9.17) is 0 Å². The quantitative estimate of drug-likeness (QED) is 0.246. The molecule has 0 saturated carbocycles. The third kappa shape index (κ3) is 1.90. The largest absolute Gasteiger partial charge is 0.0894 e. The fourth-order valence-corrected chi connectivity index (χ4v) is 6.63. The van der Waals surface area contributed by atoms with Gasteiger partial charge in [0.05, 0.1) is 5.41 Å². The zero-order valence-electron chi connectivity index (χ0n) is 14.4. The van der Waals surface area contributed by atoms with Gasteiger partial charge in [-0.2, -0.15) is 0 Å². The van der Waals surface area contributed by atoms with Crippen LogP contribution in [0.1, 0.15) is 22.3 Å². The summed E-state index contributed by atoms with van der Waals surface area (Å²) in [6.45, 7) is 0. The summed E-state index contributed by atoms with van der Waals surface area (Å²) in [5.74, 6) is 0. The molecule has 27 heavy (non-hydrogen) atoms. The van der Waals surface area contributed by atoms with Crippen LogP contribution in [-0.4, -0.2) is 0 Å². The first-order valence-corrected chi connectivity index (χ1v) is 10.7. The molecule has 0 saturated heterocycles. The minimum absolute atomic E-state index is 0.256. The lowest BCUT2D eigenvalue weighted by atomic mass is 9.67. The first-order chi connectivity index (χ1) is 13.3. The molecule has 0 unspecified atom stereocenters. The molecule has 1 aliphatic heterocycles. The van der Waals surface area contributed by atoms with Gasteiger partial charge in [0.1, 0.15) is 0 Å². The van der Waals surface area contributed by atoms with Gasteiger partial charge in [0.15, 0.2) is 0 Å². The third-order valence-electron chi connectivity index (χ3n) is 5.82. The normalized spacial score (nSPS) is 15.0. The van der Waals surface area contributed by atoms with Crippen molar-refractivity contribution in [1.29, 1.82) is 0 Å². The zero-order valence-corrected chi connectivity index (χ0v) is 16.8. The monoisotopic (exact) mass is 426 g/mol. The van der Waals surface area contributed by atoms with Crippen molar-refractivity contribution in [2.75, 3.05) is 0 Å². The maximum atomic E-state index is 3.84. The molecule has 0 nitrogen and oxygen atoms in total. The number of benzene rings is 4. The molecule has 0 atom stereocenters. The van der Waals surface area contributed by atoms with Crippen molar-refractivity contribution in [1.82, 2.24) is 0 Å². The first kappa shape index (κ1) is 15.7. The zero-order chi connectivity index (χ0) is 18.0. The van der Waals surface area contributed by atoms with Crippen molar-refractivity contribution in [2.24, 2.45) is 0 Å². The molecule has 0 N–H and O–H groups in total. The highest BCUT2D eigenvalue weighted by Crippen LogP contribution is 2.62. The van der Waals surface area contributed by atoms with Gasteiger partial charge in [-0.15, -0.1) is 0 Å². The molecule has 4 aromatic rings. The summed E-state index contributed by atoms with van der Waals surface area (Å²) in [4.78, 5) is 2.69. The van der Waals surface area contributed by atoms with Gasteiger partial charge in [0.25, 0.3) is 0 Å². The van der Waals surface area contributed by atoms with Crippen LogP contribution in [0.25, 0.3) is 11.1 Å². The molecule has 6 rings (SSSR count). The Morgan fingerprint density at radius 1 is 0.556 bits per heavy atom. The van der Waals surface area contributed by atoms with Crippen LogP contribution in [0.5, 0.6) is 0 Å². The second-order valence-corrected chi connectivity index (χ2v) is 8.99. The highest BCUT2D eigenvalue weighted by molar-refractivity contribution is 9.10. The highest BCUT2D eigenvalue weighted by Gasteiger charge is 2.50. The second kappa shape index (κ2) is 5.60. The second-order valence-electron chi connectivity index (χ2n) is 7.05. The maximum Gasteiger partial charge on any atom is 0.0735 e. The van der Waals surface area contributed by atoms with Crippen LogP contribution >= 0.6 is 27.7 Å². The Labute approximate surface area is 171 Å². The summed E-state index contributed by atoms with van der Waals surface area (Å²) < 4.78 is 1.16. The van der Waals surface area contributed by atoms with Gasteiger partial charge in [0, 0.05) is 19.8 Å². The molecule has 0 amide bonds. The van der Waals surface area contributed by atoms with E-state index in [1.54, 1.807) is 0 Å². The molecule has 1 heterocycles. The molecule has 0 bridgehead atoms. The van der Waals surface area contributed by atoms with Crippen molar-refractivity contribution in [2.45, 2.75) is 15.2 Å². The van der Waals surface area contributed by atoms with E-state index < -0.39 is 0 Å². The fraction of sp³-hybridized carbons (Fsp3) is 0.0400. The molecule has 1 spiro atoms. The first-order valence-electron chi connectivity index (χ1n) is 9.07. The van der Waals surface area contributed by atoms with E-state index in [0.29, 0.717) is 0 Å². The minimum Gasteiger partial charge on any atom is -0.0894 e.